The first-order valence-corrected chi connectivity index (χ1v) is 3.63. The summed E-state index contributed by atoms with van der Waals surface area (Å²) in [5.41, 5.74) is 4.98. The van der Waals surface area contributed by atoms with Crippen molar-refractivity contribution in [3.63, 3.8) is 0 Å². The van der Waals surface area contributed by atoms with Gasteiger partial charge in [-0.25, -0.2) is 14.4 Å². The number of halogens is 1. The molecule has 0 aliphatic rings. The Hall–Kier alpha value is -1.72. The molecule has 1 atom stereocenters. The number of hydrogen-bond acceptors (Lipinski definition) is 4. The fourth-order valence-corrected chi connectivity index (χ4v) is 0.652. The van der Waals surface area contributed by atoms with Crippen molar-refractivity contribution in [1.82, 2.24) is 9.97 Å². The zero-order chi connectivity index (χ0) is 9.84. The van der Waals surface area contributed by atoms with Crippen LogP contribution in [0.1, 0.15) is 6.92 Å². The summed E-state index contributed by atoms with van der Waals surface area (Å²) in [6, 6.07) is -0.578. The number of rotatable bonds is 3. The summed E-state index contributed by atoms with van der Waals surface area (Å²) in [4.78, 5) is 17.8. The molecule has 5 nitrogen and oxygen atoms in total. The summed E-state index contributed by atoms with van der Waals surface area (Å²) in [7, 11) is 0. The van der Waals surface area contributed by atoms with Gasteiger partial charge >= 0.3 is 0 Å². The van der Waals surface area contributed by atoms with E-state index in [-0.39, 0.29) is 5.95 Å². The van der Waals surface area contributed by atoms with Gasteiger partial charge in [0.05, 0.1) is 12.4 Å². The Labute approximate surface area is 74.2 Å². The van der Waals surface area contributed by atoms with Crippen LogP contribution in [-0.2, 0) is 4.79 Å². The normalized spacial score (nSPS) is 12.2. The molecule has 6 heteroatoms. The zero-order valence-electron chi connectivity index (χ0n) is 6.99. The van der Waals surface area contributed by atoms with Gasteiger partial charge in [0.25, 0.3) is 0 Å². The topological polar surface area (TPSA) is 80.9 Å². The SMILES string of the molecule is CC(Nc1ncc(F)cn1)C(N)=O. The van der Waals surface area contributed by atoms with Crippen molar-refractivity contribution in [2.24, 2.45) is 5.73 Å². The summed E-state index contributed by atoms with van der Waals surface area (Å²) in [6.45, 7) is 1.56. The number of carbonyl (C=O) groups is 1. The third-order valence-electron chi connectivity index (χ3n) is 1.39. The monoisotopic (exact) mass is 184 g/mol. The van der Waals surface area contributed by atoms with Gasteiger partial charge in [-0.15, -0.1) is 0 Å². The Morgan fingerprint density at radius 3 is 2.62 bits per heavy atom. The highest BCUT2D eigenvalue weighted by Gasteiger charge is 2.08. The molecule has 0 fully saturated rings. The maximum absolute atomic E-state index is 12.3. The minimum absolute atomic E-state index is 0.174. The van der Waals surface area contributed by atoms with E-state index in [4.69, 9.17) is 5.73 Å². The highest BCUT2D eigenvalue weighted by Crippen LogP contribution is 1.99. The molecule has 0 spiro atoms. The summed E-state index contributed by atoms with van der Waals surface area (Å²) < 4.78 is 12.3. The Balaban J connectivity index is 2.64. The van der Waals surface area contributed by atoms with Crippen LogP contribution in [0.15, 0.2) is 12.4 Å². The lowest BCUT2D eigenvalue weighted by molar-refractivity contribution is -0.118. The Bertz CT molecular complexity index is 300. The molecule has 3 N–H and O–H groups in total. The van der Waals surface area contributed by atoms with Gasteiger partial charge < -0.3 is 11.1 Å². The van der Waals surface area contributed by atoms with Crippen molar-refractivity contribution in [3.05, 3.63) is 18.2 Å². The number of hydrogen-bond donors (Lipinski definition) is 2. The molecule has 13 heavy (non-hydrogen) atoms. The predicted molar refractivity (Wildman–Crippen MR) is 44.3 cm³/mol. The molecular weight excluding hydrogens is 175 g/mol. The van der Waals surface area contributed by atoms with Crippen molar-refractivity contribution in [1.29, 1.82) is 0 Å². The molecule has 1 amide bonds. The smallest absolute Gasteiger partial charge is 0.239 e. The van der Waals surface area contributed by atoms with Crippen molar-refractivity contribution in [2.45, 2.75) is 13.0 Å². The molecule has 1 aromatic heterocycles. The molecule has 1 rings (SSSR count). The molecule has 0 aromatic carbocycles. The Morgan fingerprint density at radius 2 is 2.15 bits per heavy atom. The van der Waals surface area contributed by atoms with Crippen molar-refractivity contribution in [3.8, 4) is 0 Å². The fourth-order valence-electron chi connectivity index (χ4n) is 0.652. The summed E-state index contributed by atoms with van der Waals surface area (Å²) >= 11 is 0. The van der Waals surface area contributed by atoms with Gasteiger partial charge in [0, 0.05) is 0 Å². The number of carbonyl (C=O) groups excluding carboxylic acids is 1. The van der Waals surface area contributed by atoms with Crippen LogP contribution in [-0.4, -0.2) is 21.9 Å². The van der Waals surface area contributed by atoms with E-state index < -0.39 is 17.8 Å². The van der Waals surface area contributed by atoms with Crippen LogP contribution in [0.5, 0.6) is 0 Å². The van der Waals surface area contributed by atoms with Gasteiger partial charge in [-0.05, 0) is 6.92 Å². The zero-order valence-corrected chi connectivity index (χ0v) is 6.99. The molecule has 70 valence electrons. The van der Waals surface area contributed by atoms with Gasteiger partial charge in [0.15, 0.2) is 5.82 Å². The Morgan fingerprint density at radius 1 is 1.62 bits per heavy atom. The molecule has 0 saturated heterocycles. The molecule has 0 aliphatic heterocycles. The van der Waals surface area contributed by atoms with E-state index in [1.807, 2.05) is 0 Å². The number of nitrogens with two attached hydrogens (primary N) is 1. The van der Waals surface area contributed by atoms with Gasteiger partial charge in [-0.2, -0.15) is 0 Å². The summed E-state index contributed by atoms with van der Waals surface area (Å²) in [6.07, 6.45) is 2.01. The first-order chi connectivity index (χ1) is 6.09. The minimum Gasteiger partial charge on any atom is -0.368 e. The van der Waals surface area contributed by atoms with Crippen LogP contribution in [0, 0.1) is 5.82 Å². The van der Waals surface area contributed by atoms with Crippen LogP contribution in [0.25, 0.3) is 0 Å². The van der Waals surface area contributed by atoms with E-state index in [1.54, 1.807) is 6.92 Å². The van der Waals surface area contributed by atoms with Gasteiger partial charge in [-0.1, -0.05) is 0 Å². The van der Waals surface area contributed by atoms with E-state index in [0.717, 1.165) is 12.4 Å². The van der Waals surface area contributed by atoms with Crippen molar-refractivity contribution in [2.75, 3.05) is 5.32 Å². The summed E-state index contributed by atoms with van der Waals surface area (Å²) in [5.74, 6) is -0.877. The van der Waals surface area contributed by atoms with E-state index in [9.17, 15) is 9.18 Å². The van der Waals surface area contributed by atoms with Gasteiger partial charge in [0.2, 0.25) is 11.9 Å². The minimum atomic E-state index is -0.578. The highest BCUT2D eigenvalue weighted by molar-refractivity contribution is 5.81. The molecule has 1 heterocycles. The molecular formula is C7H9FN4O. The average molecular weight is 184 g/mol. The van der Waals surface area contributed by atoms with Crippen LogP contribution in [0.2, 0.25) is 0 Å². The third kappa shape index (κ3) is 2.66. The van der Waals surface area contributed by atoms with Gasteiger partial charge in [-0.3, -0.25) is 4.79 Å². The lowest BCUT2D eigenvalue weighted by Gasteiger charge is -2.08. The standard InChI is InChI=1S/C7H9FN4O/c1-4(6(9)13)12-7-10-2-5(8)3-11-7/h2-4H,1H3,(H2,9,13)(H,10,11,12). The van der Waals surface area contributed by atoms with Crippen LogP contribution in [0.4, 0.5) is 10.3 Å². The second kappa shape index (κ2) is 3.79. The fraction of sp³-hybridized carbons (Fsp3) is 0.286. The number of amides is 1. The van der Waals surface area contributed by atoms with Crippen LogP contribution >= 0.6 is 0 Å². The quantitative estimate of drug-likeness (QED) is 0.687. The number of anilines is 1. The molecule has 0 aliphatic carbocycles. The lowest BCUT2D eigenvalue weighted by atomic mass is 10.3. The van der Waals surface area contributed by atoms with E-state index >= 15 is 0 Å². The maximum atomic E-state index is 12.3. The number of aromatic nitrogens is 2. The third-order valence-corrected chi connectivity index (χ3v) is 1.39. The molecule has 0 bridgehead atoms. The first-order valence-electron chi connectivity index (χ1n) is 3.63. The number of primary amides is 1. The van der Waals surface area contributed by atoms with E-state index in [0.29, 0.717) is 0 Å². The van der Waals surface area contributed by atoms with Crippen LogP contribution in [0.3, 0.4) is 0 Å². The molecule has 1 aromatic rings. The number of nitrogens with one attached hydrogen (secondary N) is 1. The largest absolute Gasteiger partial charge is 0.368 e. The second-order valence-corrected chi connectivity index (χ2v) is 2.49. The lowest BCUT2D eigenvalue weighted by Crippen LogP contribution is -2.33. The van der Waals surface area contributed by atoms with Crippen molar-refractivity contribution >= 4 is 11.9 Å². The second-order valence-electron chi connectivity index (χ2n) is 2.49. The molecule has 1 unspecified atom stereocenters. The number of nitrogens with zero attached hydrogens (tertiary/aromatic N) is 2. The first kappa shape index (κ1) is 9.37. The maximum Gasteiger partial charge on any atom is 0.239 e. The van der Waals surface area contributed by atoms with E-state index in [1.165, 1.54) is 0 Å². The average Bonchev–Trinajstić information content (AvgIpc) is 2.08. The van der Waals surface area contributed by atoms with Crippen molar-refractivity contribution < 1.29 is 9.18 Å². The highest BCUT2D eigenvalue weighted by atomic mass is 19.1. The van der Waals surface area contributed by atoms with Crippen LogP contribution < -0.4 is 11.1 Å². The molecule has 0 saturated carbocycles. The Kier molecular flexibility index (Phi) is 2.73. The summed E-state index contributed by atoms with van der Waals surface area (Å²) in [5, 5.41) is 2.61. The predicted octanol–water partition coefficient (Wildman–Crippen LogP) is -0.0986. The van der Waals surface area contributed by atoms with E-state index in [2.05, 4.69) is 15.3 Å². The molecule has 0 radical (unpaired) electrons. The van der Waals surface area contributed by atoms with Gasteiger partial charge in [0.1, 0.15) is 6.04 Å².